The van der Waals surface area contributed by atoms with Crippen molar-refractivity contribution in [1.29, 1.82) is 0 Å². The van der Waals surface area contributed by atoms with Gasteiger partial charge >= 0.3 is 0 Å². The molecule has 30 heavy (non-hydrogen) atoms. The maximum absolute atomic E-state index is 12.9. The smallest absolute Gasteiger partial charge is 0.241 e. The fourth-order valence-corrected chi connectivity index (χ4v) is 5.90. The molecule has 0 aliphatic carbocycles. The Labute approximate surface area is 181 Å². The Hall–Kier alpha value is -1.89. The second kappa shape index (κ2) is 9.94. The van der Waals surface area contributed by atoms with Crippen molar-refractivity contribution >= 4 is 10.0 Å². The van der Waals surface area contributed by atoms with E-state index in [1.807, 2.05) is 20.8 Å². The minimum atomic E-state index is -3.53. The van der Waals surface area contributed by atoms with Gasteiger partial charge in [-0.1, -0.05) is 30.7 Å². The van der Waals surface area contributed by atoms with E-state index in [1.54, 1.807) is 13.2 Å². The molecule has 6 heteroatoms. The van der Waals surface area contributed by atoms with Gasteiger partial charge in [0.1, 0.15) is 5.75 Å². The predicted octanol–water partition coefficient (Wildman–Crippen LogP) is 4.13. The van der Waals surface area contributed by atoms with Crippen molar-refractivity contribution in [1.82, 2.24) is 9.62 Å². The summed E-state index contributed by atoms with van der Waals surface area (Å²) in [6.07, 6.45) is 4.07. The second-order valence-corrected chi connectivity index (χ2v) is 9.93. The normalized spacial score (nSPS) is 14.5. The Balaban J connectivity index is 1.45. The maximum Gasteiger partial charge on any atom is 0.241 e. The Morgan fingerprint density at radius 1 is 1.03 bits per heavy atom. The van der Waals surface area contributed by atoms with Crippen molar-refractivity contribution in [2.24, 2.45) is 0 Å². The molecule has 0 amide bonds. The summed E-state index contributed by atoms with van der Waals surface area (Å²) in [5, 5.41) is 0. The van der Waals surface area contributed by atoms with Crippen LogP contribution in [0.3, 0.4) is 0 Å². The lowest BCUT2D eigenvalue weighted by Crippen LogP contribution is -2.31. The Morgan fingerprint density at radius 2 is 1.77 bits per heavy atom. The van der Waals surface area contributed by atoms with Crippen LogP contribution in [-0.4, -0.2) is 40.1 Å². The van der Waals surface area contributed by atoms with Crippen LogP contribution in [0.1, 0.15) is 47.1 Å². The van der Waals surface area contributed by atoms with Crippen molar-refractivity contribution in [3.63, 3.8) is 0 Å². The van der Waals surface area contributed by atoms with Crippen LogP contribution >= 0.6 is 0 Å². The van der Waals surface area contributed by atoms with Crippen LogP contribution in [0.5, 0.6) is 5.75 Å². The van der Waals surface area contributed by atoms with E-state index < -0.39 is 10.0 Å². The van der Waals surface area contributed by atoms with Crippen LogP contribution in [0, 0.1) is 20.8 Å². The fourth-order valence-electron chi connectivity index (χ4n) is 4.31. The minimum absolute atomic E-state index is 0.382. The van der Waals surface area contributed by atoms with E-state index in [0.717, 1.165) is 62.2 Å². The van der Waals surface area contributed by atoms with Gasteiger partial charge in [-0.25, -0.2) is 13.1 Å². The molecule has 1 aliphatic heterocycles. The molecule has 0 unspecified atom stereocenters. The minimum Gasteiger partial charge on any atom is -0.496 e. The number of hydrogen-bond donors (Lipinski definition) is 1. The Morgan fingerprint density at radius 3 is 2.50 bits per heavy atom. The van der Waals surface area contributed by atoms with Crippen LogP contribution in [0.2, 0.25) is 0 Å². The summed E-state index contributed by atoms with van der Waals surface area (Å²) in [4.78, 5) is 2.88. The standard InChI is InChI=1S/C24H34N2O3S/c1-18-16-23(29-4)19(2)20(3)24(18)30(27,28)25-13-8-5-9-14-26-15-12-21-10-6-7-11-22(21)17-26/h6-7,10-11,16,25H,5,8-9,12-15,17H2,1-4H3. The molecule has 1 N–H and O–H groups in total. The summed E-state index contributed by atoms with van der Waals surface area (Å²) < 4.78 is 33.9. The summed E-state index contributed by atoms with van der Waals surface area (Å²) in [6, 6.07) is 10.5. The highest BCUT2D eigenvalue weighted by Crippen LogP contribution is 2.30. The molecule has 2 aromatic rings. The SMILES string of the molecule is COc1cc(C)c(S(=O)(=O)NCCCCCN2CCc3ccccc3C2)c(C)c1C. The van der Waals surface area contributed by atoms with E-state index >= 15 is 0 Å². The molecule has 1 aliphatic rings. The third-order valence-corrected chi connectivity index (χ3v) is 7.87. The first kappa shape index (κ1) is 22.8. The number of nitrogens with zero attached hydrogens (tertiary/aromatic N) is 1. The third-order valence-electron chi connectivity index (χ3n) is 6.12. The van der Waals surface area contributed by atoms with Gasteiger partial charge in [0, 0.05) is 19.6 Å². The quantitative estimate of drug-likeness (QED) is 0.608. The zero-order valence-corrected chi connectivity index (χ0v) is 19.4. The molecule has 0 radical (unpaired) electrons. The van der Waals surface area contributed by atoms with Crippen LogP contribution in [-0.2, 0) is 23.0 Å². The molecule has 0 bridgehead atoms. The number of ether oxygens (including phenoxy) is 1. The summed E-state index contributed by atoms with van der Waals surface area (Å²) in [5.74, 6) is 0.726. The molecular weight excluding hydrogens is 396 g/mol. The Bertz CT molecular complexity index is 986. The predicted molar refractivity (Wildman–Crippen MR) is 122 cm³/mol. The first-order valence-corrected chi connectivity index (χ1v) is 12.3. The van der Waals surface area contributed by atoms with E-state index in [-0.39, 0.29) is 0 Å². The second-order valence-electron chi connectivity index (χ2n) is 8.23. The van der Waals surface area contributed by atoms with Gasteiger partial charge in [0.25, 0.3) is 0 Å². The number of aryl methyl sites for hydroxylation is 1. The first-order valence-electron chi connectivity index (χ1n) is 10.8. The fraction of sp³-hybridized carbons (Fsp3) is 0.500. The highest BCUT2D eigenvalue weighted by Gasteiger charge is 2.22. The van der Waals surface area contributed by atoms with Crippen LogP contribution in [0.4, 0.5) is 0 Å². The summed E-state index contributed by atoms with van der Waals surface area (Å²) in [5.41, 5.74) is 5.25. The van der Waals surface area contributed by atoms with E-state index in [0.29, 0.717) is 17.0 Å². The number of unbranched alkanes of at least 4 members (excludes halogenated alkanes) is 2. The van der Waals surface area contributed by atoms with Crippen molar-refractivity contribution in [3.05, 3.63) is 58.1 Å². The monoisotopic (exact) mass is 430 g/mol. The average Bonchev–Trinajstić information content (AvgIpc) is 2.73. The van der Waals surface area contributed by atoms with Gasteiger partial charge in [0.2, 0.25) is 10.0 Å². The zero-order chi connectivity index (χ0) is 21.7. The van der Waals surface area contributed by atoms with Crippen molar-refractivity contribution in [2.45, 2.75) is 57.9 Å². The topological polar surface area (TPSA) is 58.6 Å². The molecule has 0 saturated heterocycles. The van der Waals surface area contributed by atoms with E-state index in [2.05, 4.69) is 33.9 Å². The molecule has 0 spiro atoms. The van der Waals surface area contributed by atoms with Crippen LogP contribution in [0.25, 0.3) is 0 Å². The van der Waals surface area contributed by atoms with Crippen molar-refractivity contribution < 1.29 is 13.2 Å². The number of rotatable bonds is 9. The van der Waals surface area contributed by atoms with Gasteiger partial charge in [0.15, 0.2) is 0 Å². The number of fused-ring (bicyclic) bond motifs is 1. The molecule has 0 atom stereocenters. The van der Waals surface area contributed by atoms with Gasteiger partial charge in [0.05, 0.1) is 12.0 Å². The molecule has 1 heterocycles. The lowest BCUT2D eigenvalue weighted by Gasteiger charge is -2.28. The first-order chi connectivity index (χ1) is 14.3. The summed E-state index contributed by atoms with van der Waals surface area (Å²) >= 11 is 0. The largest absolute Gasteiger partial charge is 0.496 e. The van der Waals surface area contributed by atoms with Gasteiger partial charge in [-0.3, -0.25) is 4.90 Å². The molecule has 0 aromatic heterocycles. The van der Waals surface area contributed by atoms with Crippen LogP contribution in [0.15, 0.2) is 35.2 Å². The molecule has 3 rings (SSSR count). The Kier molecular flexibility index (Phi) is 7.55. The molecule has 0 fully saturated rings. The van der Waals surface area contributed by atoms with E-state index in [9.17, 15) is 8.42 Å². The van der Waals surface area contributed by atoms with Gasteiger partial charge in [-0.15, -0.1) is 0 Å². The summed E-state index contributed by atoms with van der Waals surface area (Å²) in [7, 11) is -1.92. The van der Waals surface area contributed by atoms with E-state index in [4.69, 9.17) is 4.74 Å². The zero-order valence-electron chi connectivity index (χ0n) is 18.6. The van der Waals surface area contributed by atoms with Gasteiger partial charge in [-0.05, 0) is 80.5 Å². The van der Waals surface area contributed by atoms with Gasteiger partial charge < -0.3 is 4.74 Å². The number of nitrogens with one attached hydrogen (secondary N) is 1. The number of sulfonamides is 1. The van der Waals surface area contributed by atoms with E-state index in [1.165, 1.54) is 11.1 Å². The van der Waals surface area contributed by atoms with Crippen LogP contribution < -0.4 is 9.46 Å². The molecule has 2 aromatic carbocycles. The molecular formula is C24H34N2O3S. The number of methoxy groups -OCH3 is 1. The molecule has 5 nitrogen and oxygen atoms in total. The molecule has 164 valence electrons. The van der Waals surface area contributed by atoms with Crippen molar-refractivity contribution in [3.8, 4) is 5.75 Å². The lowest BCUT2D eigenvalue weighted by atomic mass is 10.00. The number of benzene rings is 2. The van der Waals surface area contributed by atoms with Crippen molar-refractivity contribution in [2.75, 3.05) is 26.7 Å². The number of hydrogen-bond acceptors (Lipinski definition) is 4. The lowest BCUT2D eigenvalue weighted by molar-refractivity contribution is 0.248. The van der Waals surface area contributed by atoms with Gasteiger partial charge in [-0.2, -0.15) is 0 Å². The maximum atomic E-state index is 12.9. The summed E-state index contributed by atoms with van der Waals surface area (Å²) in [6.45, 7) is 9.23. The highest BCUT2D eigenvalue weighted by atomic mass is 32.2. The highest BCUT2D eigenvalue weighted by molar-refractivity contribution is 7.89. The third kappa shape index (κ3) is 5.23. The average molecular weight is 431 g/mol. The molecule has 0 saturated carbocycles.